The molecule has 0 saturated carbocycles. The van der Waals surface area contributed by atoms with Gasteiger partial charge in [-0.15, -0.1) is 4.83 Å². The van der Waals surface area contributed by atoms with Gasteiger partial charge in [-0.1, -0.05) is 11.6 Å². The first-order valence-corrected chi connectivity index (χ1v) is 7.29. The molecule has 1 aromatic rings. The molecule has 0 aliphatic rings. The molecule has 22 heavy (non-hydrogen) atoms. The number of alkyl halides is 3. The van der Waals surface area contributed by atoms with Gasteiger partial charge in [-0.05, 0) is 6.92 Å². The molecular weight excluding hydrogens is 355 g/mol. The highest BCUT2D eigenvalue weighted by molar-refractivity contribution is 7.87. The van der Waals surface area contributed by atoms with Gasteiger partial charge in [-0.3, -0.25) is 10.1 Å². The van der Waals surface area contributed by atoms with Crippen LogP contribution in [0.1, 0.15) is 17.4 Å². The van der Waals surface area contributed by atoms with Gasteiger partial charge in [0.05, 0.1) is 0 Å². The van der Waals surface area contributed by atoms with Crippen LogP contribution in [0.2, 0.25) is 5.02 Å². The zero-order chi connectivity index (χ0) is 17.3. The number of hydrogen-bond donors (Lipinski definition) is 4. The number of carboxylic acid groups (broad SMARTS) is 1. The quantitative estimate of drug-likeness (QED) is 0.543. The van der Waals surface area contributed by atoms with Crippen molar-refractivity contribution in [1.29, 1.82) is 0 Å². The molecule has 1 heterocycles. The van der Waals surface area contributed by atoms with E-state index in [2.05, 4.69) is 5.10 Å². The van der Waals surface area contributed by atoms with Gasteiger partial charge in [-0.25, -0.2) is 4.79 Å². The van der Waals surface area contributed by atoms with Gasteiger partial charge in [0.15, 0.2) is 11.5 Å². The molecule has 0 fully saturated rings. The van der Waals surface area contributed by atoms with Gasteiger partial charge in [0.1, 0.15) is 11.1 Å². The fourth-order valence-electron chi connectivity index (χ4n) is 1.25. The normalized spacial score (nSPS) is 13.9. The number of aromatic carboxylic acids is 1. The number of carbonyl (C=O) groups is 1. The molecular formula is C8H11ClF3N5O4S. The highest BCUT2D eigenvalue weighted by atomic mass is 35.5. The van der Waals surface area contributed by atoms with Gasteiger partial charge < -0.3 is 5.11 Å². The molecule has 14 heteroatoms. The summed E-state index contributed by atoms with van der Waals surface area (Å²) < 4.78 is 61.8. The highest BCUT2D eigenvalue weighted by Gasteiger charge is 2.38. The summed E-state index contributed by atoms with van der Waals surface area (Å²) in [6.07, 6.45) is -4.77. The van der Waals surface area contributed by atoms with Crippen LogP contribution in [0.3, 0.4) is 0 Å². The van der Waals surface area contributed by atoms with Crippen LogP contribution in [0.15, 0.2) is 0 Å². The Morgan fingerprint density at radius 3 is 2.41 bits per heavy atom. The van der Waals surface area contributed by atoms with E-state index in [0.29, 0.717) is 6.92 Å². The molecule has 0 bridgehead atoms. The Kier molecular flexibility index (Phi) is 5.27. The molecule has 0 saturated heterocycles. The van der Waals surface area contributed by atoms with E-state index < -0.39 is 39.1 Å². The van der Waals surface area contributed by atoms with Crippen molar-refractivity contribution in [3.05, 3.63) is 10.7 Å². The number of halogens is 4. The topological polar surface area (TPSA) is 125 Å². The molecule has 9 nitrogen and oxygen atoms in total. The Hall–Kier alpha value is -1.57. The summed E-state index contributed by atoms with van der Waals surface area (Å²) in [7, 11) is -3.35. The molecule has 126 valence electrons. The molecule has 0 aliphatic heterocycles. The molecule has 0 aromatic carbocycles. The molecule has 0 radical (unpaired) electrons. The third-order valence-corrected chi connectivity index (χ3v) is 3.71. The third kappa shape index (κ3) is 4.46. The van der Waals surface area contributed by atoms with Crippen LogP contribution in [-0.4, -0.2) is 41.5 Å². The van der Waals surface area contributed by atoms with E-state index in [1.165, 1.54) is 11.8 Å². The Morgan fingerprint density at radius 2 is 2.00 bits per heavy atom. The summed E-state index contributed by atoms with van der Waals surface area (Å²) in [5.74, 6) is -1.80. The van der Waals surface area contributed by atoms with Gasteiger partial charge in [0, 0.05) is 7.05 Å². The van der Waals surface area contributed by atoms with E-state index in [-0.39, 0.29) is 5.82 Å². The Labute approximate surface area is 127 Å². The first kappa shape index (κ1) is 18.5. The van der Waals surface area contributed by atoms with Crippen molar-refractivity contribution in [3.63, 3.8) is 0 Å². The molecule has 4 N–H and O–H groups in total. The zero-order valence-corrected chi connectivity index (χ0v) is 12.6. The van der Waals surface area contributed by atoms with E-state index in [9.17, 15) is 26.4 Å². The summed E-state index contributed by atoms with van der Waals surface area (Å²) in [6, 6.07) is -2.33. The van der Waals surface area contributed by atoms with Gasteiger partial charge in [0.2, 0.25) is 0 Å². The lowest BCUT2D eigenvalue weighted by Crippen LogP contribution is -2.49. The number of anilines is 1. The van der Waals surface area contributed by atoms with Crippen molar-refractivity contribution < 1.29 is 31.5 Å². The average Bonchev–Trinajstić information content (AvgIpc) is 2.60. The van der Waals surface area contributed by atoms with E-state index in [1.807, 2.05) is 5.43 Å². The lowest BCUT2D eigenvalue weighted by Gasteiger charge is -2.17. The fraction of sp³-hybridized carbons (Fsp3) is 0.500. The second-order valence-corrected chi connectivity index (χ2v) is 5.88. The lowest BCUT2D eigenvalue weighted by molar-refractivity contribution is -0.147. The third-order valence-electron chi connectivity index (χ3n) is 2.32. The number of nitrogens with one attached hydrogen (secondary N) is 3. The summed E-state index contributed by atoms with van der Waals surface area (Å²) in [5.41, 5.74) is 1.50. The molecule has 1 aromatic heterocycles. The van der Waals surface area contributed by atoms with Crippen LogP contribution in [-0.2, 0) is 17.3 Å². The highest BCUT2D eigenvalue weighted by Crippen LogP contribution is 2.24. The van der Waals surface area contributed by atoms with Crippen molar-refractivity contribution >= 4 is 33.6 Å². The maximum atomic E-state index is 12.3. The Bertz CT molecular complexity index is 674. The minimum atomic E-state index is -4.77. The number of carboxylic acids is 1. The van der Waals surface area contributed by atoms with E-state index in [4.69, 9.17) is 16.7 Å². The molecule has 1 atom stereocenters. The molecule has 1 unspecified atom stereocenters. The predicted octanol–water partition coefficient (Wildman–Crippen LogP) is 0.473. The maximum absolute atomic E-state index is 12.3. The van der Waals surface area contributed by atoms with Crippen LogP contribution in [0.25, 0.3) is 0 Å². The number of nitrogens with zero attached hydrogens (tertiary/aromatic N) is 2. The van der Waals surface area contributed by atoms with Crippen molar-refractivity contribution in [3.8, 4) is 0 Å². The number of hydrogen-bond acceptors (Lipinski definition) is 5. The lowest BCUT2D eigenvalue weighted by atomic mass is 10.4. The second-order valence-electron chi connectivity index (χ2n) is 4.05. The van der Waals surface area contributed by atoms with Crippen LogP contribution in [0, 0.1) is 0 Å². The summed E-state index contributed by atoms with van der Waals surface area (Å²) in [4.78, 5) is 12.4. The maximum Gasteiger partial charge on any atom is 0.404 e. The van der Waals surface area contributed by atoms with Crippen molar-refractivity contribution in [2.75, 3.05) is 5.43 Å². The number of aromatic nitrogens is 2. The number of aryl methyl sites for hydroxylation is 1. The minimum absolute atomic E-state index is 0.383. The SMILES string of the molecule is CC(NS(=O)(=O)NNc1nn(C)c(C(=O)O)c1Cl)C(F)(F)F. The second kappa shape index (κ2) is 6.28. The van der Waals surface area contributed by atoms with Crippen LogP contribution >= 0.6 is 11.6 Å². The summed E-state index contributed by atoms with van der Waals surface area (Å²) in [6.45, 7) is 0.607. The standard InChI is InChI=1S/C8H11ClF3N5O4S/c1-3(8(10,11)12)15-22(20,21)16-13-6-4(9)5(7(18)19)17(2)14-6/h3,15-16H,1-2H3,(H,13,14)(H,18,19). The number of hydrazine groups is 1. The van der Waals surface area contributed by atoms with Gasteiger partial charge >= 0.3 is 12.1 Å². The zero-order valence-electron chi connectivity index (χ0n) is 11.1. The van der Waals surface area contributed by atoms with Crippen LogP contribution in [0.5, 0.6) is 0 Å². The first-order chi connectivity index (χ1) is 9.85. The first-order valence-electron chi connectivity index (χ1n) is 5.42. The van der Waals surface area contributed by atoms with Crippen LogP contribution < -0.4 is 15.0 Å². The fourth-order valence-corrected chi connectivity index (χ4v) is 2.43. The molecule has 0 spiro atoms. The predicted molar refractivity (Wildman–Crippen MR) is 69.5 cm³/mol. The van der Waals surface area contributed by atoms with Crippen LogP contribution in [0.4, 0.5) is 19.0 Å². The summed E-state index contributed by atoms with van der Waals surface area (Å²) >= 11 is 5.67. The Morgan fingerprint density at radius 1 is 1.45 bits per heavy atom. The van der Waals surface area contributed by atoms with E-state index in [1.54, 1.807) is 4.83 Å². The average molecular weight is 366 g/mol. The van der Waals surface area contributed by atoms with Gasteiger partial charge in [-0.2, -0.15) is 31.4 Å². The summed E-state index contributed by atoms with van der Waals surface area (Å²) in [5, 5.41) is 12.0. The smallest absolute Gasteiger partial charge is 0.404 e. The molecule has 0 aliphatic carbocycles. The monoisotopic (exact) mass is 365 g/mol. The van der Waals surface area contributed by atoms with Crippen molar-refractivity contribution in [2.24, 2.45) is 7.05 Å². The van der Waals surface area contributed by atoms with E-state index >= 15 is 0 Å². The molecule has 1 rings (SSSR count). The van der Waals surface area contributed by atoms with Crippen molar-refractivity contribution in [2.45, 2.75) is 19.1 Å². The minimum Gasteiger partial charge on any atom is -0.476 e. The van der Waals surface area contributed by atoms with Gasteiger partial charge in [0.25, 0.3) is 10.2 Å². The largest absolute Gasteiger partial charge is 0.476 e. The van der Waals surface area contributed by atoms with Crippen molar-refractivity contribution in [1.82, 2.24) is 19.3 Å². The Balaban J connectivity index is 2.82. The number of rotatable bonds is 6. The molecule has 0 amide bonds. The van der Waals surface area contributed by atoms with E-state index in [0.717, 1.165) is 4.68 Å².